The zero-order chi connectivity index (χ0) is 12.6. The quantitative estimate of drug-likeness (QED) is 0.757. The second kappa shape index (κ2) is 4.22. The lowest BCUT2D eigenvalue weighted by Crippen LogP contribution is -2.35. The van der Waals surface area contributed by atoms with E-state index in [0.29, 0.717) is 0 Å². The average Bonchev–Trinajstić information content (AvgIpc) is 2.72. The molecule has 0 saturated heterocycles. The molecule has 0 bridgehead atoms. The van der Waals surface area contributed by atoms with Crippen LogP contribution >= 0.6 is 0 Å². The maximum Gasteiger partial charge on any atom is 0.321 e. The monoisotopic (exact) mass is 232 g/mol. The Balaban J connectivity index is 2.50. The molecule has 4 heteroatoms. The molecule has 1 aromatic heterocycles. The zero-order valence-electron chi connectivity index (χ0n) is 9.90. The minimum atomic E-state index is -0.973. The highest BCUT2D eigenvalue weighted by atomic mass is 16.4. The highest BCUT2D eigenvalue weighted by Crippen LogP contribution is 2.28. The molecule has 4 nitrogen and oxygen atoms in total. The summed E-state index contributed by atoms with van der Waals surface area (Å²) in [6.45, 7) is 3.86. The number of carboxylic acid groups (broad SMARTS) is 1. The van der Waals surface area contributed by atoms with Crippen LogP contribution in [0.5, 0.6) is 0 Å². The van der Waals surface area contributed by atoms with E-state index in [9.17, 15) is 4.79 Å². The number of hydrogen-bond donors (Lipinski definition) is 3. The number of carboxylic acids is 1. The summed E-state index contributed by atoms with van der Waals surface area (Å²) < 4.78 is 0. The van der Waals surface area contributed by atoms with Gasteiger partial charge in [-0.05, 0) is 18.1 Å². The maximum atomic E-state index is 10.9. The van der Waals surface area contributed by atoms with E-state index in [0.717, 1.165) is 22.0 Å². The van der Waals surface area contributed by atoms with E-state index in [1.807, 2.05) is 38.2 Å². The summed E-state index contributed by atoms with van der Waals surface area (Å²) in [5.74, 6) is -1.19. The lowest BCUT2D eigenvalue weighted by Gasteiger charge is -2.15. The van der Waals surface area contributed by atoms with Gasteiger partial charge < -0.3 is 15.8 Å². The first-order valence-electron chi connectivity index (χ1n) is 5.57. The smallest absolute Gasteiger partial charge is 0.321 e. The molecular weight excluding hydrogens is 216 g/mol. The van der Waals surface area contributed by atoms with Gasteiger partial charge in [-0.3, -0.25) is 4.79 Å². The SMILES string of the molecule is Cc1cccc2c(C(C)C(N)C(=O)O)c[nH]c12. The first-order valence-corrected chi connectivity index (χ1v) is 5.57. The van der Waals surface area contributed by atoms with Crippen molar-refractivity contribution in [3.05, 3.63) is 35.5 Å². The molecule has 0 amide bonds. The van der Waals surface area contributed by atoms with Crippen molar-refractivity contribution in [1.82, 2.24) is 4.98 Å². The fourth-order valence-electron chi connectivity index (χ4n) is 2.11. The molecule has 0 spiro atoms. The molecule has 2 atom stereocenters. The van der Waals surface area contributed by atoms with Crippen LogP contribution in [0.1, 0.15) is 24.0 Å². The molecule has 2 rings (SSSR count). The zero-order valence-corrected chi connectivity index (χ0v) is 9.90. The number of aromatic nitrogens is 1. The van der Waals surface area contributed by atoms with Crippen LogP contribution in [-0.4, -0.2) is 22.1 Å². The van der Waals surface area contributed by atoms with Crippen molar-refractivity contribution >= 4 is 16.9 Å². The number of carbonyl (C=O) groups is 1. The molecule has 2 unspecified atom stereocenters. The normalized spacial score (nSPS) is 14.8. The highest BCUT2D eigenvalue weighted by molar-refractivity contribution is 5.87. The van der Waals surface area contributed by atoms with Gasteiger partial charge in [-0.25, -0.2) is 0 Å². The predicted molar refractivity (Wildman–Crippen MR) is 67.1 cm³/mol. The molecule has 0 aliphatic carbocycles. The van der Waals surface area contributed by atoms with Gasteiger partial charge in [0, 0.05) is 23.0 Å². The van der Waals surface area contributed by atoms with E-state index in [2.05, 4.69) is 4.98 Å². The Morgan fingerprint density at radius 3 is 2.82 bits per heavy atom. The fourth-order valence-corrected chi connectivity index (χ4v) is 2.11. The number of H-pyrrole nitrogens is 1. The summed E-state index contributed by atoms with van der Waals surface area (Å²) in [6, 6.07) is 5.09. The second-order valence-electron chi connectivity index (χ2n) is 4.39. The number of benzene rings is 1. The molecule has 4 N–H and O–H groups in total. The Morgan fingerprint density at radius 1 is 1.47 bits per heavy atom. The summed E-state index contributed by atoms with van der Waals surface area (Å²) in [6.07, 6.45) is 1.85. The Bertz CT molecular complexity index is 560. The van der Waals surface area contributed by atoms with Crippen LogP contribution in [0.2, 0.25) is 0 Å². The standard InChI is InChI=1S/C13H16N2O2/c1-7-4-3-5-9-10(6-15-12(7)9)8(2)11(14)13(16)17/h3-6,8,11,15H,14H2,1-2H3,(H,16,17). The van der Waals surface area contributed by atoms with Crippen LogP contribution in [0.4, 0.5) is 0 Å². The molecule has 0 aliphatic rings. The van der Waals surface area contributed by atoms with Crippen molar-refractivity contribution in [2.75, 3.05) is 0 Å². The molecule has 0 radical (unpaired) electrons. The first kappa shape index (κ1) is 11.7. The Kier molecular flexibility index (Phi) is 2.90. The summed E-state index contributed by atoms with van der Waals surface area (Å²) in [4.78, 5) is 14.1. The minimum absolute atomic E-state index is 0.219. The number of fused-ring (bicyclic) bond motifs is 1. The molecule has 0 saturated carbocycles. The molecule has 17 heavy (non-hydrogen) atoms. The number of aryl methyl sites for hydroxylation is 1. The molecule has 0 aliphatic heterocycles. The molecular formula is C13H16N2O2. The van der Waals surface area contributed by atoms with Gasteiger partial charge in [0.05, 0.1) is 0 Å². The summed E-state index contributed by atoms with van der Waals surface area (Å²) in [7, 11) is 0. The molecule has 2 aromatic rings. The van der Waals surface area contributed by atoms with Crippen LogP contribution in [0.3, 0.4) is 0 Å². The molecule has 1 heterocycles. The maximum absolute atomic E-state index is 10.9. The van der Waals surface area contributed by atoms with Crippen molar-refractivity contribution in [3.63, 3.8) is 0 Å². The average molecular weight is 232 g/mol. The van der Waals surface area contributed by atoms with Crippen LogP contribution in [0.15, 0.2) is 24.4 Å². The molecule has 0 fully saturated rings. The number of nitrogens with one attached hydrogen (secondary N) is 1. The van der Waals surface area contributed by atoms with Gasteiger partial charge >= 0.3 is 5.97 Å². The second-order valence-corrected chi connectivity index (χ2v) is 4.39. The number of rotatable bonds is 3. The van der Waals surface area contributed by atoms with Crippen molar-refractivity contribution in [1.29, 1.82) is 0 Å². The number of hydrogen-bond acceptors (Lipinski definition) is 2. The minimum Gasteiger partial charge on any atom is -0.480 e. The third-order valence-corrected chi connectivity index (χ3v) is 3.27. The van der Waals surface area contributed by atoms with E-state index in [1.54, 1.807) is 0 Å². The summed E-state index contributed by atoms with van der Waals surface area (Å²) in [5.41, 5.74) is 8.82. The van der Waals surface area contributed by atoms with Crippen molar-refractivity contribution in [3.8, 4) is 0 Å². The third kappa shape index (κ3) is 1.91. The summed E-state index contributed by atoms with van der Waals surface area (Å²) in [5, 5.41) is 9.99. The van der Waals surface area contributed by atoms with Crippen LogP contribution in [-0.2, 0) is 4.79 Å². The number of para-hydroxylation sites is 1. The van der Waals surface area contributed by atoms with Crippen molar-refractivity contribution in [2.45, 2.75) is 25.8 Å². The Hall–Kier alpha value is -1.81. The van der Waals surface area contributed by atoms with Crippen molar-refractivity contribution < 1.29 is 9.90 Å². The van der Waals surface area contributed by atoms with E-state index >= 15 is 0 Å². The number of nitrogens with two attached hydrogens (primary N) is 1. The predicted octanol–water partition coefficient (Wildman–Crippen LogP) is 1.99. The third-order valence-electron chi connectivity index (χ3n) is 3.27. The lowest BCUT2D eigenvalue weighted by molar-refractivity contribution is -0.138. The van der Waals surface area contributed by atoms with Gasteiger partial charge in [0.15, 0.2) is 0 Å². The first-order chi connectivity index (χ1) is 8.02. The van der Waals surface area contributed by atoms with E-state index in [-0.39, 0.29) is 5.92 Å². The van der Waals surface area contributed by atoms with E-state index in [4.69, 9.17) is 10.8 Å². The highest BCUT2D eigenvalue weighted by Gasteiger charge is 2.23. The number of aliphatic carboxylic acids is 1. The van der Waals surface area contributed by atoms with E-state index in [1.165, 1.54) is 0 Å². The summed E-state index contributed by atoms with van der Waals surface area (Å²) >= 11 is 0. The van der Waals surface area contributed by atoms with Gasteiger partial charge in [-0.15, -0.1) is 0 Å². The Morgan fingerprint density at radius 2 is 2.18 bits per heavy atom. The van der Waals surface area contributed by atoms with Crippen LogP contribution in [0, 0.1) is 6.92 Å². The van der Waals surface area contributed by atoms with Crippen LogP contribution < -0.4 is 5.73 Å². The van der Waals surface area contributed by atoms with Gasteiger partial charge in [-0.2, -0.15) is 0 Å². The van der Waals surface area contributed by atoms with Crippen molar-refractivity contribution in [2.24, 2.45) is 5.73 Å². The largest absolute Gasteiger partial charge is 0.480 e. The molecule has 90 valence electrons. The topological polar surface area (TPSA) is 79.1 Å². The van der Waals surface area contributed by atoms with Gasteiger partial charge in [-0.1, -0.05) is 25.1 Å². The van der Waals surface area contributed by atoms with Gasteiger partial charge in [0.2, 0.25) is 0 Å². The Labute approximate surface area is 99.4 Å². The lowest BCUT2D eigenvalue weighted by atomic mass is 9.93. The van der Waals surface area contributed by atoms with E-state index < -0.39 is 12.0 Å². The molecule has 1 aromatic carbocycles. The van der Waals surface area contributed by atoms with Gasteiger partial charge in [0.1, 0.15) is 6.04 Å². The van der Waals surface area contributed by atoms with Gasteiger partial charge in [0.25, 0.3) is 0 Å². The fraction of sp³-hybridized carbons (Fsp3) is 0.308. The van der Waals surface area contributed by atoms with Crippen LogP contribution in [0.25, 0.3) is 10.9 Å². The number of aromatic amines is 1.